The summed E-state index contributed by atoms with van der Waals surface area (Å²) in [6.07, 6.45) is 3.65. The van der Waals surface area contributed by atoms with Crippen molar-refractivity contribution in [2.75, 3.05) is 37.4 Å². The van der Waals surface area contributed by atoms with E-state index in [1.165, 1.54) is 0 Å². The Bertz CT molecular complexity index is 1350. The molecule has 0 spiro atoms. The molecule has 1 fully saturated rings. The molecule has 1 atom stereocenters. The van der Waals surface area contributed by atoms with Gasteiger partial charge in [0.15, 0.2) is 11.6 Å². The zero-order chi connectivity index (χ0) is 24.2. The number of hydrogen-bond acceptors (Lipinski definition) is 9. The van der Waals surface area contributed by atoms with Gasteiger partial charge in [-0.2, -0.15) is 10.1 Å². The molecule has 35 heavy (non-hydrogen) atoms. The van der Waals surface area contributed by atoms with E-state index in [-0.39, 0.29) is 6.04 Å². The van der Waals surface area contributed by atoms with E-state index >= 15 is 0 Å². The second-order valence-electron chi connectivity index (χ2n) is 8.72. The van der Waals surface area contributed by atoms with Gasteiger partial charge >= 0.3 is 0 Å². The molecule has 0 amide bonds. The Kier molecular flexibility index (Phi) is 6.41. The third kappa shape index (κ3) is 5.31. The zero-order valence-corrected chi connectivity index (χ0v) is 20.0. The molecule has 0 aliphatic carbocycles. The fourth-order valence-corrected chi connectivity index (χ4v) is 3.98. The van der Waals surface area contributed by atoms with Crippen molar-refractivity contribution in [3.63, 3.8) is 0 Å². The Morgan fingerprint density at radius 2 is 2.09 bits per heavy atom. The largest absolute Gasteiger partial charge is 0.358 e. The number of aromatic nitrogens is 6. The maximum Gasteiger partial charge on any atom is 0.229 e. The summed E-state index contributed by atoms with van der Waals surface area (Å²) < 4.78 is 5.75. The lowest BCUT2D eigenvalue weighted by Crippen LogP contribution is -2.25. The quantitative estimate of drug-likeness (QED) is 0.409. The average Bonchev–Trinajstić information content (AvgIpc) is 3.60. The van der Waals surface area contributed by atoms with Crippen LogP contribution >= 0.6 is 0 Å². The van der Waals surface area contributed by atoms with Crippen LogP contribution in [0.5, 0.6) is 0 Å². The van der Waals surface area contributed by atoms with Gasteiger partial charge in [0, 0.05) is 36.6 Å². The number of hydrogen-bond donors (Lipinski definition) is 2. The predicted octanol–water partition coefficient (Wildman–Crippen LogP) is 3.56. The number of nitrogens with one attached hydrogen (secondary N) is 2. The van der Waals surface area contributed by atoms with Crippen molar-refractivity contribution in [1.29, 1.82) is 0 Å². The highest BCUT2D eigenvalue weighted by Crippen LogP contribution is 2.36. The molecule has 0 saturated carbocycles. The number of aryl methyl sites for hydroxylation is 1. The lowest BCUT2D eigenvalue weighted by Gasteiger charge is -2.23. The van der Waals surface area contributed by atoms with E-state index in [2.05, 4.69) is 42.4 Å². The van der Waals surface area contributed by atoms with E-state index in [1.807, 2.05) is 62.3 Å². The van der Waals surface area contributed by atoms with Crippen LogP contribution < -0.4 is 10.2 Å². The first-order valence-corrected chi connectivity index (χ1v) is 11.5. The summed E-state index contributed by atoms with van der Waals surface area (Å²) in [6, 6.07) is 11.4. The van der Waals surface area contributed by atoms with Crippen molar-refractivity contribution in [2.45, 2.75) is 25.8 Å². The van der Waals surface area contributed by atoms with E-state index in [1.54, 1.807) is 6.20 Å². The van der Waals surface area contributed by atoms with Crippen LogP contribution in [0.15, 0.2) is 47.1 Å². The third-order valence-corrected chi connectivity index (χ3v) is 5.58. The van der Waals surface area contributed by atoms with Gasteiger partial charge in [-0.25, -0.2) is 4.98 Å². The Morgan fingerprint density at radius 1 is 1.17 bits per heavy atom. The van der Waals surface area contributed by atoms with Crippen molar-refractivity contribution in [2.24, 2.45) is 0 Å². The van der Waals surface area contributed by atoms with Crippen molar-refractivity contribution in [1.82, 2.24) is 35.2 Å². The Hall–Kier alpha value is -4.23. The zero-order valence-electron chi connectivity index (χ0n) is 20.0. The topological polar surface area (TPSA) is 112 Å². The van der Waals surface area contributed by atoms with Crippen molar-refractivity contribution in [3.05, 3.63) is 59.7 Å². The molecule has 10 heteroatoms. The van der Waals surface area contributed by atoms with Gasteiger partial charge in [-0.15, -0.1) is 0 Å². The van der Waals surface area contributed by atoms with Crippen LogP contribution in [0.25, 0.3) is 11.4 Å². The monoisotopic (exact) mass is 469 g/mol. The van der Waals surface area contributed by atoms with Gasteiger partial charge < -0.3 is 14.7 Å². The van der Waals surface area contributed by atoms with E-state index < -0.39 is 0 Å². The lowest BCUT2D eigenvalue weighted by atomic mass is 10.1. The minimum absolute atomic E-state index is 0.0228. The van der Waals surface area contributed by atoms with Crippen LogP contribution in [0, 0.1) is 18.8 Å². The molecule has 5 heterocycles. The van der Waals surface area contributed by atoms with Gasteiger partial charge in [-0.05, 0) is 51.9 Å². The second-order valence-corrected chi connectivity index (χ2v) is 8.72. The number of rotatable bonds is 6. The minimum Gasteiger partial charge on any atom is -0.358 e. The summed E-state index contributed by atoms with van der Waals surface area (Å²) in [5, 5.41) is 14.7. The highest BCUT2D eigenvalue weighted by Gasteiger charge is 2.32. The van der Waals surface area contributed by atoms with E-state index in [9.17, 15) is 0 Å². The van der Waals surface area contributed by atoms with Crippen LogP contribution in [0.2, 0.25) is 0 Å². The third-order valence-electron chi connectivity index (χ3n) is 5.58. The molecule has 0 aromatic carbocycles. The highest BCUT2D eigenvalue weighted by atomic mass is 16.5. The number of H-pyrrole nitrogens is 1. The van der Waals surface area contributed by atoms with Gasteiger partial charge in [0.2, 0.25) is 5.95 Å². The molecule has 1 aliphatic rings. The number of nitrogens with zero attached hydrogens (tertiary/aromatic N) is 7. The number of anilines is 3. The van der Waals surface area contributed by atoms with Crippen LogP contribution in [0.1, 0.15) is 36.0 Å². The first kappa shape index (κ1) is 22.6. The molecule has 4 aromatic heterocycles. The van der Waals surface area contributed by atoms with Gasteiger partial charge in [0.05, 0.1) is 18.3 Å². The normalized spacial score (nSPS) is 15.3. The van der Waals surface area contributed by atoms with Crippen LogP contribution in [0.3, 0.4) is 0 Å². The Balaban J connectivity index is 1.46. The Labute approximate surface area is 203 Å². The number of pyridine rings is 1. The minimum atomic E-state index is -0.0228. The summed E-state index contributed by atoms with van der Waals surface area (Å²) in [6.45, 7) is 3.40. The first-order valence-electron chi connectivity index (χ1n) is 11.5. The van der Waals surface area contributed by atoms with E-state index in [0.29, 0.717) is 35.5 Å². The molecule has 10 nitrogen and oxygen atoms in total. The SMILES string of the molecule is Cc1cc(Nc2cc(C#CCN(C)C)nc(N3CCCC3c3cc(-c4ccccn4)no3)n2)n[nH]1. The summed E-state index contributed by atoms with van der Waals surface area (Å²) >= 11 is 0. The first-order chi connectivity index (χ1) is 17.0. The van der Waals surface area contributed by atoms with Gasteiger partial charge in [0.1, 0.15) is 17.2 Å². The van der Waals surface area contributed by atoms with Gasteiger partial charge in [-0.1, -0.05) is 17.1 Å². The average molecular weight is 470 g/mol. The fourth-order valence-electron chi connectivity index (χ4n) is 3.98. The molecule has 0 bridgehead atoms. The maximum atomic E-state index is 5.75. The van der Waals surface area contributed by atoms with E-state index in [0.717, 1.165) is 36.5 Å². The molecule has 5 rings (SSSR count). The van der Waals surface area contributed by atoms with Gasteiger partial charge in [0.25, 0.3) is 0 Å². The van der Waals surface area contributed by atoms with E-state index in [4.69, 9.17) is 14.5 Å². The summed E-state index contributed by atoms with van der Waals surface area (Å²) in [7, 11) is 3.97. The Morgan fingerprint density at radius 3 is 2.86 bits per heavy atom. The van der Waals surface area contributed by atoms with Crippen molar-refractivity contribution < 1.29 is 4.52 Å². The molecular formula is C25H27N9O. The molecule has 178 valence electrons. The smallest absolute Gasteiger partial charge is 0.229 e. The molecule has 2 N–H and O–H groups in total. The van der Waals surface area contributed by atoms with Crippen LogP contribution in [-0.4, -0.2) is 62.4 Å². The summed E-state index contributed by atoms with van der Waals surface area (Å²) in [5.74, 6) is 9.01. The molecule has 1 saturated heterocycles. The summed E-state index contributed by atoms with van der Waals surface area (Å²) in [5.41, 5.74) is 3.10. The highest BCUT2D eigenvalue weighted by molar-refractivity contribution is 5.57. The van der Waals surface area contributed by atoms with Crippen molar-refractivity contribution >= 4 is 17.6 Å². The molecule has 1 unspecified atom stereocenters. The van der Waals surface area contributed by atoms with Crippen LogP contribution in [-0.2, 0) is 0 Å². The second kappa shape index (κ2) is 9.95. The lowest BCUT2D eigenvalue weighted by molar-refractivity contribution is 0.362. The fraction of sp³-hybridized carbons (Fsp3) is 0.320. The predicted molar refractivity (Wildman–Crippen MR) is 133 cm³/mol. The molecular weight excluding hydrogens is 442 g/mol. The summed E-state index contributed by atoms with van der Waals surface area (Å²) in [4.78, 5) is 18.1. The molecule has 1 aliphatic heterocycles. The standard InChI is InChI=1S/C25H27N9O/c1-17-14-24(31-30-17)28-23-15-18(8-6-12-33(2)3)27-25(29-23)34-13-7-10-21(34)22-16-20(32-35-22)19-9-4-5-11-26-19/h4-5,9,11,14-16,21H,7,10,12-13H2,1-3H3,(H2,27,28,29,30,31). The molecule has 0 radical (unpaired) electrons. The van der Waals surface area contributed by atoms with Crippen molar-refractivity contribution in [3.8, 4) is 23.2 Å². The van der Waals surface area contributed by atoms with Gasteiger partial charge in [-0.3, -0.25) is 15.0 Å². The maximum absolute atomic E-state index is 5.75. The number of aromatic amines is 1. The molecule has 4 aromatic rings. The van der Waals surface area contributed by atoms with Crippen LogP contribution in [0.4, 0.5) is 17.6 Å².